The Bertz CT molecular complexity index is 800. The van der Waals surface area contributed by atoms with Gasteiger partial charge in [0.15, 0.2) is 0 Å². The van der Waals surface area contributed by atoms with E-state index in [1.165, 1.54) is 12.1 Å². The molecular weight excluding hydrogens is 307 g/mol. The average Bonchev–Trinajstić information content (AvgIpc) is 2.56. The lowest BCUT2D eigenvalue weighted by molar-refractivity contribution is 0.434. The van der Waals surface area contributed by atoms with Crippen LogP contribution >= 0.6 is 0 Å². The first-order valence-corrected chi connectivity index (χ1v) is 7.84. The van der Waals surface area contributed by atoms with Crippen LogP contribution in [-0.4, -0.2) is 28.6 Å². The number of nitrogens with zero attached hydrogens (tertiary/aromatic N) is 4. The zero-order chi connectivity index (χ0) is 17.3. The molecule has 2 heterocycles. The van der Waals surface area contributed by atoms with Gasteiger partial charge in [0, 0.05) is 30.3 Å². The summed E-state index contributed by atoms with van der Waals surface area (Å²) in [7, 11) is 0. The van der Waals surface area contributed by atoms with Crippen LogP contribution in [0.15, 0.2) is 24.3 Å². The Hall–Kier alpha value is -2.72. The van der Waals surface area contributed by atoms with E-state index in [2.05, 4.69) is 21.8 Å². The van der Waals surface area contributed by atoms with Gasteiger partial charge in [0.2, 0.25) is 5.95 Å². The maximum atomic E-state index is 13.9. The number of piperidine rings is 1. The van der Waals surface area contributed by atoms with Gasteiger partial charge in [-0.15, -0.1) is 0 Å². The molecule has 3 rings (SSSR count). The minimum atomic E-state index is -0.581. The van der Waals surface area contributed by atoms with Crippen LogP contribution in [0.5, 0.6) is 0 Å². The molecule has 4 N–H and O–H groups in total. The van der Waals surface area contributed by atoms with Crippen LogP contribution < -0.4 is 16.4 Å². The fraction of sp³-hybridized carbons (Fsp3) is 0.353. The summed E-state index contributed by atoms with van der Waals surface area (Å²) in [6.45, 7) is 2.81. The zero-order valence-corrected chi connectivity index (χ0v) is 13.4. The van der Waals surface area contributed by atoms with Crippen molar-refractivity contribution in [3.05, 3.63) is 35.6 Å². The number of halogens is 1. The molecule has 1 aliphatic rings. The molecule has 2 aromatic rings. The molecule has 0 saturated carbocycles. The number of anilines is 2. The second-order valence-electron chi connectivity index (χ2n) is 6.11. The molecule has 1 fully saturated rings. The van der Waals surface area contributed by atoms with E-state index in [9.17, 15) is 4.39 Å². The lowest BCUT2D eigenvalue weighted by Gasteiger charge is -2.37. The number of hydrogen-bond donors (Lipinski definition) is 2. The van der Waals surface area contributed by atoms with Crippen molar-refractivity contribution in [2.75, 3.05) is 17.2 Å². The minimum absolute atomic E-state index is 0.00312. The standard InChI is InChI=1S/C17H19FN6/c1-10-2-5-13(20)9-24(10)16-7-15(22-17(21)23-16)11-3-4-12(8-19)14(18)6-11/h3-4,6-7,10,13H,2,5,9,20H2,1H3,(H2,21,22,23). The molecule has 0 radical (unpaired) electrons. The van der Waals surface area contributed by atoms with Gasteiger partial charge < -0.3 is 16.4 Å². The first kappa shape index (κ1) is 16.1. The smallest absolute Gasteiger partial charge is 0.222 e. The monoisotopic (exact) mass is 326 g/mol. The van der Waals surface area contributed by atoms with E-state index in [1.54, 1.807) is 18.2 Å². The third kappa shape index (κ3) is 3.14. The predicted octanol–water partition coefficient (Wildman–Crippen LogP) is 2.05. The lowest BCUT2D eigenvalue weighted by atomic mass is 10.00. The average molecular weight is 326 g/mol. The van der Waals surface area contributed by atoms with Gasteiger partial charge in [-0.1, -0.05) is 6.07 Å². The Morgan fingerprint density at radius 1 is 1.29 bits per heavy atom. The van der Waals surface area contributed by atoms with Gasteiger partial charge in [0.25, 0.3) is 0 Å². The van der Waals surface area contributed by atoms with Crippen LogP contribution in [0.4, 0.5) is 16.2 Å². The quantitative estimate of drug-likeness (QED) is 0.875. The Morgan fingerprint density at radius 3 is 2.79 bits per heavy atom. The van der Waals surface area contributed by atoms with Crippen molar-refractivity contribution < 1.29 is 4.39 Å². The van der Waals surface area contributed by atoms with E-state index in [4.69, 9.17) is 16.7 Å². The van der Waals surface area contributed by atoms with Crippen molar-refractivity contribution in [2.45, 2.75) is 31.8 Å². The molecule has 2 atom stereocenters. The summed E-state index contributed by atoms with van der Waals surface area (Å²) in [4.78, 5) is 10.6. The third-order valence-electron chi connectivity index (χ3n) is 4.33. The summed E-state index contributed by atoms with van der Waals surface area (Å²) in [5.41, 5.74) is 13.0. The van der Waals surface area contributed by atoms with Crippen molar-refractivity contribution >= 4 is 11.8 Å². The largest absolute Gasteiger partial charge is 0.368 e. The molecule has 6 nitrogen and oxygen atoms in total. The second-order valence-corrected chi connectivity index (χ2v) is 6.11. The molecule has 1 aromatic heterocycles. The summed E-state index contributed by atoms with van der Waals surface area (Å²) >= 11 is 0. The van der Waals surface area contributed by atoms with Gasteiger partial charge in [-0.3, -0.25) is 0 Å². The number of benzene rings is 1. The minimum Gasteiger partial charge on any atom is -0.368 e. The third-order valence-corrected chi connectivity index (χ3v) is 4.33. The molecule has 2 unspecified atom stereocenters. The maximum absolute atomic E-state index is 13.9. The second kappa shape index (κ2) is 6.42. The Kier molecular flexibility index (Phi) is 4.32. The van der Waals surface area contributed by atoms with Crippen molar-refractivity contribution in [1.82, 2.24) is 9.97 Å². The maximum Gasteiger partial charge on any atom is 0.222 e. The molecule has 1 aliphatic heterocycles. The van der Waals surface area contributed by atoms with Crippen molar-refractivity contribution in [3.63, 3.8) is 0 Å². The zero-order valence-electron chi connectivity index (χ0n) is 13.4. The topological polar surface area (TPSA) is 105 Å². The van der Waals surface area contributed by atoms with E-state index < -0.39 is 5.82 Å². The molecule has 0 spiro atoms. The van der Waals surface area contributed by atoms with Crippen LogP contribution in [0.2, 0.25) is 0 Å². The predicted molar refractivity (Wildman–Crippen MR) is 90.6 cm³/mol. The molecule has 1 saturated heterocycles. The highest BCUT2D eigenvalue weighted by Gasteiger charge is 2.25. The molecule has 7 heteroatoms. The molecular formula is C17H19FN6. The summed E-state index contributed by atoms with van der Waals surface area (Å²) in [6, 6.07) is 8.35. The van der Waals surface area contributed by atoms with Crippen molar-refractivity contribution in [2.24, 2.45) is 5.73 Å². The highest BCUT2D eigenvalue weighted by molar-refractivity contribution is 5.65. The van der Waals surface area contributed by atoms with E-state index >= 15 is 0 Å². The fourth-order valence-corrected chi connectivity index (χ4v) is 2.97. The van der Waals surface area contributed by atoms with Crippen molar-refractivity contribution in [1.29, 1.82) is 5.26 Å². The summed E-state index contributed by atoms with van der Waals surface area (Å²) in [5, 5.41) is 8.84. The van der Waals surface area contributed by atoms with Gasteiger partial charge in [-0.05, 0) is 31.9 Å². The van der Waals surface area contributed by atoms with Crippen LogP contribution in [0.1, 0.15) is 25.3 Å². The molecule has 124 valence electrons. The van der Waals surface area contributed by atoms with Crippen LogP contribution in [0.3, 0.4) is 0 Å². The number of aromatic nitrogens is 2. The number of hydrogen-bond acceptors (Lipinski definition) is 6. The van der Waals surface area contributed by atoms with E-state index in [1.807, 2.05) is 0 Å². The van der Waals surface area contributed by atoms with Gasteiger partial charge in [-0.25, -0.2) is 9.37 Å². The number of nitriles is 1. The van der Waals surface area contributed by atoms with E-state index in [-0.39, 0.29) is 17.6 Å². The highest BCUT2D eigenvalue weighted by atomic mass is 19.1. The number of nitrogen functional groups attached to an aromatic ring is 1. The van der Waals surface area contributed by atoms with Crippen molar-refractivity contribution in [3.8, 4) is 17.3 Å². The SMILES string of the molecule is CC1CCC(N)CN1c1cc(-c2ccc(C#N)c(F)c2)nc(N)n1. The van der Waals surface area contributed by atoms with Crippen LogP contribution in [0.25, 0.3) is 11.3 Å². The first-order chi connectivity index (χ1) is 11.5. The molecule has 0 aliphatic carbocycles. The Balaban J connectivity index is 2.00. The normalized spacial score (nSPS) is 20.7. The summed E-state index contributed by atoms with van der Waals surface area (Å²) < 4.78 is 13.9. The number of nitrogens with two attached hydrogens (primary N) is 2. The van der Waals surface area contributed by atoms with Crippen LogP contribution in [-0.2, 0) is 0 Å². The number of rotatable bonds is 2. The molecule has 1 aromatic carbocycles. The van der Waals surface area contributed by atoms with Gasteiger partial charge >= 0.3 is 0 Å². The van der Waals surface area contributed by atoms with Gasteiger partial charge in [-0.2, -0.15) is 10.2 Å². The first-order valence-electron chi connectivity index (χ1n) is 7.84. The fourth-order valence-electron chi connectivity index (χ4n) is 2.97. The summed E-state index contributed by atoms with van der Waals surface area (Å²) in [5.74, 6) is 0.227. The lowest BCUT2D eigenvalue weighted by Crippen LogP contribution is -2.48. The van der Waals surface area contributed by atoms with Gasteiger partial charge in [0.05, 0.1) is 11.3 Å². The molecule has 0 bridgehead atoms. The Morgan fingerprint density at radius 2 is 2.08 bits per heavy atom. The molecule has 0 amide bonds. The summed E-state index contributed by atoms with van der Waals surface area (Å²) in [6.07, 6.45) is 1.96. The van der Waals surface area contributed by atoms with Gasteiger partial charge in [0.1, 0.15) is 17.7 Å². The van der Waals surface area contributed by atoms with E-state index in [0.29, 0.717) is 29.7 Å². The molecule has 24 heavy (non-hydrogen) atoms. The van der Waals surface area contributed by atoms with Crippen LogP contribution in [0, 0.1) is 17.1 Å². The highest BCUT2D eigenvalue weighted by Crippen LogP contribution is 2.28. The Labute approximate surface area is 139 Å². The van der Waals surface area contributed by atoms with E-state index in [0.717, 1.165) is 12.8 Å².